The number of hydrogen-bond acceptors (Lipinski definition) is 5. The maximum atomic E-state index is 11.0. The van der Waals surface area contributed by atoms with Crippen molar-refractivity contribution in [2.45, 2.75) is 0 Å². The van der Waals surface area contributed by atoms with Crippen molar-refractivity contribution in [2.75, 3.05) is 14.2 Å². The third-order valence-electron chi connectivity index (χ3n) is 2.88. The zero-order chi connectivity index (χ0) is 15.2. The van der Waals surface area contributed by atoms with Crippen LogP contribution in [0.15, 0.2) is 36.4 Å². The molecule has 0 aliphatic rings. The van der Waals surface area contributed by atoms with Crippen LogP contribution in [-0.4, -0.2) is 26.8 Å². The van der Waals surface area contributed by atoms with Gasteiger partial charge in [0.15, 0.2) is 17.8 Å². The number of carbonyl (C=O) groups is 2. The molecule has 0 aliphatic heterocycles. The maximum Gasteiger partial charge on any atom is 0.169 e. The summed E-state index contributed by atoms with van der Waals surface area (Å²) in [5.41, 5.74) is 0.843. The van der Waals surface area contributed by atoms with Crippen LogP contribution in [0, 0.1) is 0 Å². The number of hydrogen-bond donors (Lipinski definition) is 0. The Labute approximate surface area is 122 Å². The zero-order valence-electron chi connectivity index (χ0n) is 11.7. The number of carbonyl (C=O) groups excluding carboxylic acids is 2. The molecule has 2 rings (SSSR count). The Morgan fingerprint density at radius 3 is 2.14 bits per heavy atom. The lowest BCUT2D eigenvalue weighted by atomic mass is 10.2. The standard InChI is InChI=1S/C16H14O5/c1-19-14-6-4-13(8-12(14)10-18)21-16-7-11(9-17)3-5-15(16)20-2/h3-10H,1-2H3. The van der Waals surface area contributed by atoms with Gasteiger partial charge in [0.2, 0.25) is 0 Å². The maximum absolute atomic E-state index is 11.0. The summed E-state index contributed by atoms with van der Waals surface area (Å²) in [6.45, 7) is 0. The van der Waals surface area contributed by atoms with E-state index in [0.717, 1.165) is 6.29 Å². The molecule has 5 heteroatoms. The molecule has 0 radical (unpaired) electrons. The van der Waals surface area contributed by atoms with E-state index in [1.165, 1.54) is 14.2 Å². The van der Waals surface area contributed by atoms with Gasteiger partial charge >= 0.3 is 0 Å². The van der Waals surface area contributed by atoms with Gasteiger partial charge in [0.1, 0.15) is 17.8 Å². The molecule has 21 heavy (non-hydrogen) atoms. The Morgan fingerprint density at radius 1 is 0.810 bits per heavy atom. The summed E-state index contributed by atoms with van der Waals surface area (Å²) in [5, 5.41) is 0. The Bertz CT molecular complexity index is 664. The van der Waals surface area contributed by atoms with Crippen molar-refractivity contribution in [3.8, 4) is 23.0 Å². The van der Waals surface area contributed by atoms with Crippen molar-refractivity contribution in [3.63, 3.8) is 0 Å². The van der Waals surface area contributed by atoms with Crippen LogP contribution < -0.4 is 14.2 Å². The SMILES string of the molecule is COc1ccc(Oc2cc(C=O)ccc2OC)cc1C=O. The molecule has 0 heterocycles. The van der Waals surface area contributed by atoms with Crippen molar-refractivity contribution in [1.82, 2.24) is 0 Å². The summed E-state index contributed by atoms with van der Waals surface area (Å²) in [6.07, 6.45) is 1.40. The Morgan fingerprint density at radius 2 is 1.52 bits per heavy atom. The van der Waals surface area contributed by atoms with Crippen LogP contribution in [0.1, 0.15) is 20.7 Å². The first-order valence-corrected chi connectivity index (χ1v) is 6.16. The van der Waals surface area contributed by atoms with Gasteiger partial charge < -0.3 is 14.2 Å². The Kier molecular flexibility index (Phi) is 4.56. The molecule has 0 fully saturated rings. The molecular formula is C16H14O5. The van der Waals surface area contributed by atoms with E-state index in [4.69, 9.17) is 14.2 Å². The predicted octanol–water partition coefficient (Wildman–Crippen LogP) is 3.12. The molecule has 0 bridgehead atoms. The molecule has 2 aromatic rings. The van der Waals surface area contributed by atoms with Gasteiger partial charge in [-0.1, -0.05) is 0 Å². The van der Waals surface area contributed by atoms with Crippen LogP contribution in [0.3, 0.4) is 0 Å². The fourth-order valence-electron chi connectivity index (χ4n) is 1.84. The van der Waals surface area contributed by atoms with Gasteiger partial charge in [-0.3, -0.25) is 9.59 Å². The second-order valence-electron chi connectivity index (χ2n) is 4.15. The van der Waals surface area contributed by atoms with Gasteiger partial charge in [0.25, 0.3) is 0 Å². The van der Waals surface area contributed by atoms with E-state index in [0.29, 0.717) is 40.4 Å². The lowest BCUT2D eigenvalue weighted by molar-refractivity contribution is 0.111. The van der Waals surface area contributed by atoms with Gasteiger partial charge in [0, 0.05) is 5.56 Å². The normalized spacial score (nSPS) is 9.81. The van der Waals surface area contributed by atoms with Crippen molar-refractivity contribution >= 4 is 12.6 Å². The minimum absolute atomic E-state index is 0.375. The molecule has 0 N–H and O–H groups in total. The highest BCUT2D eigenvalue weighted by Crippen LogP contribution is 2.33. The largest absolute Gasteiger partial charge is 0.496 e. The minimum atomic E-state index is 0.375. The first-order valence-electron chi connectivity index (χ1n) is 6.16. The number of aldehydes is 2. The first kappa shape index (κ1) is 14.6. The monoisotopic (exact) mass is 286 g/mol. The molecule has 0 unspecified atom stereocenters. The molecular weight excluding hydrogens is 272 g/mol. The molecule has 0 aliphatic carbocycles. The summed E-state index contributed by atoms with van der Waals surface area (Å²) in [6, 6.07) is 9.69. The molecule has 0 aromatic heterocycles. The molecule has 0 amide bonds. The second kappa shape index (κ2) is 6.56. The molecule has 0 spiro atoms. The molecule has 5 nitrogen and oxygen atoms in total. The summed E-state index contributed by atoms with van der Waals surface area (Å²) >= 11 is 0. The molecule has 0 saturated carbocycles. The highest BCUT2D eigenvalue weighted by molar-refractivity contribution is 5.80. The van der Waals surface area contributed by atoms with E-state index in [-0.39, 0.29) is 0 Å². The van der Waals surface area contributed by atoms with Crippen molar-refractivity contribution in [2.24, 2.45) is 0 Å². The van der Waals surface area contributed by atoms with Crippen LogP contribution >= 0.6 is 0 Å². The quantitative estimate of drug-likeness (QED) is 0.763. The van der Waals surface area contributed by atoms with Gasteiger partial charge in [-0.2, -0.15) is 0 Å². The minimum Gasteiger partial charge on any atom is -0.496 e. The smallest absolute Gasteiger partial charge is 0.169 e. The fourth-order valence-corrected chi connectivity index (χ4v) is 1.84. The number of rotatable bonds is 6. The highest BCUT2D eigenvalue weighted by atomic mass is 16.5. The van der Waals surface area contributed by atoms with E-state index < -0.39 is 0 Å². The average molecular weight is 286 g/mol. The Balaban J connectivity index is 2.37. The van der Waals surface area contributed by atoms with Gasteiger partial charge in [0.05, 0.1) is 19.8 Å². The third kappa shape index (κ3) is 3.20. The highest BCUT2D eigenvalue weighted by Gasteiger charge is 2.09. The van der Waals surface area contributed by atoms with E-state index in [9.17, 15) is 9.59 Å². The average Bonchev–Trinajstić information content (AvgIpc) is 2.54. The lowest BCUT2D eigenvalue weighted by Crippen LogP contribution is -1.94. The van der Waals surface area contributed by atoms with Gasteiger partial charge in [-0.25, -0.2) is 0 Å². The number of ether oxygens (including phenoxy) is 3. The molecule has 2 aromatic carbocycles. The van der Waals surface area contributed by atoms with Crippen LogP contribution in [0.2, 0.25) is 0 Å². The van der Waals surface area contributed by atoms with Crippen molar-refractivity contribution < 1.29 is 23.8 Å². The third-order valence-corrected chi connectivity index (χ3v) is 2.88. The molecule has 0 saturated heterocycles. The van der Waals surface area contributed by atoms with Gasteiger partial charge in [-0.05, 0) is 36.4 Å². The summed E-state index contributed by atoms with van der Waals surface area (Å²) in [5.74, 6) is 1.79. The van der Waals surface area contributed by atoms with Crippen molar-refractivity contribution in [1.29, 1.82) is 0 Å². The Hall–Kier alpha value is -2.82. The van der Waals surface area contributed by atoms with E-state index in [2.05, 4.69) is 0 Å². The predicted molar refractivity (Wildman–Crippen MR) is 76.8 cm³/mol. The van der Waals surface area contributed by atoms with Crippen LogP contribution in [0.25, 0.3) is 0 Å². The van der Waals surface area contributed by atoms with Crippen LogP contribution in [-0.2, 0) is 0 Å². The van der Waals surface area contributed by atoms with E-state index >= 15 is 0 Å². The van der Waals surface area contributed by atoms with Gasteiger partial charge in [-0.15, -0.1) is 0 Å². The number of benzene rings is 2. The fraction of sp³-hybridized carbons (Fsp3) is 0.125. The van der Waals surface area contributed by atoms with Crippen molar-refractivity contribution in [3.05, 3.63) is 47.5 Å². The zero-order valence-corrected chi connectivity index (χ0v) is 11.7. The molecule has 108 valence electrons. The van der Waals surface area contributed by atoms with Crippen LogP contribution in [0.5, 0.6) is 23.0 Å². The molecule has 0 atom stereocenters. The number of methoxy groups -OCH3 is 2. The van der Waals surface area contributed by atoms with E-state index in [1.54, 1.807) is 36.4 Å². The summed E-state index contributed by atoms with van der Waals surface area (Å²) in [4.78, 5) is 21.8. The first-order chi connectivity index (χ1) is 10.2. The summed E-state index contributed by atoms with van der Waals surface area (Å²) < 4.78 is 15.9. The topological polar surface area (TPSA) is 61.8 Å². The van der Waals surface area contributed by atoms with Crippen LogP contribution in [0.4, 0.5) is 0 Å². The van der Waals surface area contributed by atoms with E-state index in [1.807, 2.05) is 0 Å². The summed E-state index contributed by atoms with van der Waals surface area (Å²) in [7, 11) is 2.99. The lowest BCUT2D eigenvalue weighted by Gasteiger charge is -2.12. The second-order valence-corrected chi connectivity index (χ2v) is 4.15.